The average molecular weight is 440 g/mol. The summed E-state index contributed by atoms with van der Waals surface area (Å²) in [6.45, 7) is 6.33. The third-order valence-electron chi connectivity index (χ3n) is 5.82. The van der Waals surface area contributed by atoms with Gasteiger partial charge in [-0.15, -0.1) is 17.9 Å². The number of ether oxygens (including phenoxy) is 1. The zero-order valence-electron chi connectivity index (χ0n) is 17.2. The van der Waals surface area contributed by atoms with E-state index in [4.69, 9.17) is 4.74 Å². The molecule has 0 radical (unpaired) electrons. The largest absolute Gasteiger partial charge is 0.437 e. The first-order valence-electron chi connectivity index (χ1n) is 10.1. The van der Waals surface area contributed by atoms with Gasteiger partial charge < -0.3 is 9.64 Å². The molecule has 2 aromatic carbocycles. The van der Waals surface area contributed by atoms with Crippen molar-refractivity contribution in [1.29, 1.82) is 0 Å². The number of rotatable bonds is 6. The Hall–Kier alpha value is -2.99. The standard InChI is InChI=1S/C25H23F2NO2S/c1-3-12-25(23-5-4-15-31-23)13-14-28(24(29)30-25)17(2)18-6-8-19(9-7-18)21-11-10-20(26)16-22(21)27/h3-11,15-17H,1,12-14H2,2H3/t17-,25-/m0/s1. The second-order valence-electron chi connectivity index (χ2n) is 7.70. The Morgan fingerprint density at radius 3 is 2.61 bits per heavy atom. The van der Waals surface area contributed by atoms with Gasteiger partial charge in [0.15, 0.2) is 5.60 Å². The number of cyclic esters (lactones) is 1. The van der Waals surface area contributed by atoms with Gasteiger partial charge in [0.25, 0.3) is 0 Å². The molecular weight excluding hydrogens is 416 g/mol. The van der Waals surface area contributed by atoms with Gasteiger partial charge in [-0.05, 0) is 41.6 Å². The van der Waals surface area contributed by atoms with Gasteiger partial charge in [-0.25, -0.2) is 13.6 Å². The van der Waals surface area contributed by atoms with Crippen molar-refractivity contribution in [2.45, 2.75) is 31.4 Å². The summed E-state index contributed by atoms with van der Waals surface area (Å²) in [6, 6.07) is 14.6. The van der Waals surface area contributed by atoms with Crippen LogP contribution in [0, 0.1) is 11.6 Å². The molecule has 6 heteroatoms. The van der Waals surface area contributed by atoms with E-state index in [1.807, 2.05) is 36.6 Å². The van der Waals surface area contributed by atoms with Crippen LogP contribution in [-0.4, -0.2) is 17.5 Å². The van der Waals surface area contributed by atoms with Gasteiger partial charge in [0.2, 0.25) is 0 Å². The van der Waals surface area contributed by atoms with E-state index in [9.17, 15) is 13.6 Å². The molecule has 160 valence electrons. The molecular formula is C25H23F2NO2S. The van der Waals surface area contributed by atoms with E-state index in [1.165, 1.54) is 12.1 Å². The third-order valence-corrected chi connectivity index (χ3v) is 6.88. The van der Waals surface area contributed by atoms with Crippen molar-refractivity contribution < 1.29 is 18.3 Å². The smallest absolute Gasteiger partial charge is 0.411 e. The summed E-state index contributed by atoms with van der Waals surface area (Å²) in [5, 5.41) is 1.98. The fraction of sp³-hybridized carbons (Fsp3) is 0.240. The molecule has 31 heavy (non-hydrogen) atoms. The van der Waals surface area contributed by atoms with Crippen LogP contribution in [0.1, 0.15) is 36.2 Å². The van der Waals surface area contributed by atoms with Crippen LogP contribution in [-0.2, 0) is 10.3 Å². The molecule has 2 atom stereocenters. The Labute approximate surface area is 184 Å². The molecule has 1 saturated heterocycles. The van der Waals surface area contributed by atoms with Gasteiger partial charge in [0.1, 0.15) is 11.6 Å². The summed E-state index contributed by atoms with van der Waals surface area (Å²) in [7, 11) is 0. The number of halogens is 2. The van der Waals surface area contributed by atoms with E-state index in [0.29, 0.717) is 30.5 Å². The van der Waals surface area contributed by atoms with E-state index in [0.717, 1.165) is 16.5 Å². The van der Waals surface area contributed by atoms with E-state index >= 15 is 0 Å². The molecule has 1 fully saturated rings. The highest BCUT2D eigenvalue weighted by Gasteiger charge is 2.43. The lowest BCUT2D eigenvalue weighted by molar-refractivity contribution is -0.0567. The Kier molecular flexibility index (Phi) is 5.92. The van der Waals surface area contributed by atoms with Crippen molar-refractivity contribution in [1.82, 2.24) is 4.90 Å². The number of hydrogen-bond acceptors (Lipinski definition) is 3. The summed E-state index contributed by atoms with van der Waals surface area (Å²) < 4.78 is 33.2. The Balaban J connectivity index is 1.52. The van der Waals surface area contributed by atoms with Gasteiger partial charge in [-0.3, -0.25) is 0 Å². The first kappa shape index (κ1) is 21.2. The number of nitrogens with zero attached hydrogens (tertiary/aromatic N) is 1. The lowest BCUT2D eigenvalue weighted by Crippen LogP contribution is -2.48. The molecule has 2 heterocycles. The van der Waals surface area contributed by atoms with Crippen LogP contribution in [0.2, 0.25) is 0 Å². The molecule has 3 aromatic rings. The molecule has 1 aromatic heterocycles. The van der Waals surface area contributed by atoms with Crippen LogP contribution in [0.15, 0.2) is 72.6 Å². The predicted molar refractivity (Wildman–Crippen MR) is 119 cm³/mol. The molecule has 0 unspecified atom stereocenters. The maximum atomic E-state index is 14.1. The summed E-state index contributed by atoms with van der Waals surface area (Å²) in [6.07, 6.45) is 2.68. The molecule has 0 saturated carbocycles. The van der Waals surface area contributed by atoms with E-state index < -0.39 is 17.2 Å². The van der Waals surface area contributed by atoms with Crippen molar-refractivity contribution >= 4 is 17.4 Å². The number of thiophene rings is 1. The topological polar surface area (TPSA) is 29.5 Å². The number of carbonyl (C=O) groups is 1. The first-order chi connectivity index (χ1) is 14.9. The average Bonchev–Trinajstić information content (AvgIpc) is 3.30. The minimum Gasteiger partial charge on any atom is -0.437 e. The van der Waals surface area contributed by atoms with Gasteiger partial charge in [-0.1, -0.05) is 36.4 Å². The summed E-state index contributed by atoms with van der Waals surface area (Å²) in [5.41, 5.74) is 1.24. The van der Waals surface area contributed by atoms with Crippen LogP contribution in [0.3, 0.4) is 0 Å². The fourth-order valence-corrected chi connectivity index (χ4v) is 4.96. The second-order valence-corrected chi connectivity index (χ2v) is 8.65. The van der Waals surface area contributed by atoms with Crippen LogP contribution in [0.25, 0.3) is 11.1 Å². The first-order valence-corrected chi connectivity index (χ1v) is 11.0. The Bertz CT molecular complexity index is 1080. The summed E-state index contributed by atoms with van der Waals surface area (Å²) in [4.78, 5) is 15.7. The molecule has 3 nitrogen and oxygen atoms in total. The molecule has 0 aliphatic carbocycles. The molecule has 1 aliphatic rings. The molecule has 4 rings (SSSR count). The van der Waals surface area contributed by atoms with E-state index in [-0.39, 0.29) is 12.1 Å². The summed E-state index contributed by atoms with van der Waals surface area (Å²) >= 11 is 1.58. The Morgan fingerprint density at radius 1 is 1.23 bits per heavy atom. The minimum atomic E-state index is -0.660. The SMILES string of the molecule is C=CC[C@@]1(c2cccs2)CCN([C@@H](C)c2ccc(-c3ccc(F)cc3F)cc2)C(=O)O1. The van der Waals surface area contributed by atoms with Crippen molar-refractivity contribution in [3.63, 3.8) is 0 Å². The van der Waals surface area contributed by atoms with Gasteiger partial charge in [-0.2, -0.15) is 0 Å². The molecule has 0 bridgehead atoms. The fourth-order valence-electron chi connectivity index (χ4n) is 4.05. The zero-order chi connectivity index (χ0) is 22.0. The second kappa shape index (κ2) is 8.63. The number of amides is 1. The highest BCUT2D eigenvalue weighted by Crippen LogP contribution is 2.41. The van der Waals surface area contributed by atoms with Crippen LogP contribution < -0.4 is 0 Å². The van der Waals surface area contributed by atoms with Crippen molar-refractivity contribution in [3.05, 3.63) is 94.7 Å². The minimum absolute atomic E-state index is 0.204. The number of carbonyl (C=O) groups excluding carboxylic acids is 1. The monoisotopic (exact) mass is 439 g/mol. The van der Waals surface area contributed by atoms with Crippen molar-refractivity contribution in [2.75, 3.05) is 6.54 Å². The zero-order valence-corrected chi connectivity index (χ0v) is 18.0. The molecule has 0 N–H and O–H groups in total. The maximum absolute atomic E-state index is 14.1. The van der Waals surface area contributed by atoms with Crippen LogP contribution in [0.4, 0.5) is 13.6 Å². The molecule has 1 amide bonds. The normalized spacial score (nSPS) is 19.7. The molecule has 0 spiro atoms. The summed E-state index contributed by atoms with van der Waals surface area (Å²) in [5.74, 6) is -1.21. The molecule has 1 aliphatic heterocycles. The van der Waals surface area contributed by atoms with E-state index in [2.05, 4.69) is 6.58 Å². The maximum Gasteiger partial charge on any atom is 0.411 e. The van der Waals surface area contributed by atoms with Crippen LogP contribution in [0.5, 0.6) is 0 Å². The quantitative estimate of drug-likeness (QED) is 0.385. The van der Waals surface area contributed by atoms with Gasteiger partial charge in [0, 0.05) is 35.9 Å². The van der Waals surface area contributed by atoms with Crippen molar-refractivity contribution in [3.8, 4) is 11.1 Å². The highest BCUT2D eigenvalue weighted by molar-refractivity contribution is 7.10. The lowest BCUT2D eigenvalue weighted by atomic mass is 9.91. The number of hydrogen-bond donors (Lipinski definition) is 0. The van der Waals surface area contributed by atoms with Gasteiger partial charge >= 0.3 is 6.09 Å². The van der Waals surface area contributed by atoms with Crippen molar-refractivity contribution in [2.24, 2.45) is 0 Å². The van der Waals surface area contributed by atoms with Crippen LogP contribution >= 0.6 is 11.3 Å². The highest BCUT2D eigenvalue weighted by atomic mass is 32.1. The third kappa shape index (κ3) is 4.12. The predicted octanol–water partition coefficient (Wildman–Crippen LogP) is 7.07. The van der Waals surface area contributed by atoms with Gasteiger partial charge in [0.05, 0.1) is 6.04 Å². The number of benzene rings is 2. The lowest BCUT2D eigenvalue weighted by Gasteiger charge is -2.42. The van der Waals surface area contributed by atoms with E-state index in [1.54, 1.807) is 34.4 Å². The Morgan fingerprint density at radius 2 is 2.00 bits per heavy atom.